The first-order valence-corrected chi connectivity index (χ1v) is 5.84. The molecule has 2 aromatic carbocycles. The van der Waals surface area contributed by atoms with E-state index in [-0.39, 0.29) is 0 Å². The van der Waals surface area contributed by atoms with Crippen LogP contribution >= 0.6 is 12.6 Å². The lowest BCUT2D eigenvalue weighted by Gasteiger charge is -2.03. The van der Waals surface area contributed by atoms with Gasteiger partial charge in [-0.1, -0.05) is 42.5 Å². The second-order valence-corrected chi connectivity index (χ2v) is 4.18. The van der Waals surface area contributed by atoms with Crippen molar-refractivity contribution in [2.75, 3.05) is 7.11 Å². The molecule has 86 valence electrons. The molecule has 0 atom stereocenters. The Morgan fingerprint density at radius 3 is 2.35 bits per heavy atom. The van der Waals surface area contributed by atoms with Gasteiger partial charge < -0.3 is 4.74 Å². The molecule has 0 amide bonds. The first kappa shape index (κ1) is 11.8. The van der Waals surface area contributed by atoms with E-state index in [1.807, 2.05) is 54.6 Å². The summed E-state index contributed by atoms with van der Waals surface area (Å²) in [7, 11) is 1.68. The Labute approximate surface area is 107 Å². The van der Waals surface area contributed by atoms with Gasteiger partial charge in [-0.2, -0.15) is 0 Å². The zero-order valence-electron chi connectivity index (χ0n) is 9.63. The minimum atomic E-state index is 0.884. The molecule has 0 aliphatic heterocycles. The SMILES string of the molecule is COc1ccccc1/C=C/c1ccc(S)cc1. The predicted molar refractivity (Wildman–Crippen MR) is 75.6 cm³/mol. The average molecular weight is 242 g/mol. The van der Waals surface area contributed by atoms with E-state index < -0.39 is 0 Å². The summed E-state index contributed by atoms with van der Waals surface area (Å²) in [5.74, 6) is 0.884. The number of benzene rings is 2. The van der Waals surface area contributed by atoms with Crippen LogP contribution in [-0.4, -0.2) is 7.11 Å². The highest BCUT2D eigenvalue weighted by Crippen LogP contribution is 2.20. The number of thiol groups is 1. The van der Waals surface area contributed by atoms with Crippen LogP contribution in [0.15, 0.2) is 53.4 Å². The summed E-state index contributed by atoms with van der Waals surface area (Å²) >= 11 is 4.26. The molecule has 0 saturated carbocycles. The maximum absolute atomic E-state index is 5.29. The van der Waals surface area contributed by atoms with Gasteiger partial charge in [0.05, 0.1) is 7.11 Å². The zero-order valence-corrected chi connectivity index (χ0v) is 10.5. The Morgan fingerprint density at radius 2 is 1.65 bits per heavy atom. The summed E-state index contributed by atoms with van der Waals surface area (Å²) in [6.07, 6.45) is 4.11. The van der Waals surface area contributed by atoms with Crippen molar-refractivity contribution in [3.05, 3.63) is 59.7 Å². The van der Waals surface area contributed by atoms with Crippen molar-refractivity contribution in [2.24, 2.45) is 0 Å². The largest absolute Gasteiger partial charge is 0.496 e. The van der Waals surface area contributed by atoms with Gasteiger partial charge in [0, 0.05) is 10.5 Å². The van der Waals surface area contributed by atoms with Crippen LogP contribution in [0.2, 0.25) is 0 Å². The molecule has 1 nitrogen and oxygen atoms in total. The third kappa shape index (κ3) is 3.14. The zero-order chi connectivity index (χ0) is 12.1. The van der Waals surface area contributed by atoms with Gasteiger partial charge in [-0.05, 0) is 23.8 Å². The topological polar surface area (TPSA) is 9.23 Å². The van der Waals surface area contributed by atoms with Crippen LogP contribution in [-0.2, 0) is 0 Å². The van der Waals surface area contributed by atoms with E-state index in [2.05, 4.69) is 18.7 Å². The van der Waals surface area contributed by atoms with E-state index in [9.17, 15) is 0 Å². The predicted octanol–water partition coefficient (Wildman–Crippen LogP) is 4.15. The van der Waals surface area contributed by atoms with Gasteiger partial charge in [0.1, 0.15) is 5.75 Å². The van der Waals surface area contributed by atoms with Crippen molar-refractivity contribution in [1.29, 1.82) is 0 Å². The van der Waals surface area contributed by atoms with Crippen molar-refractivity contribution in [1.82, 2.24) is 0 Å². The van der Waals surface area contributed by atoms with E-state index in [4.69, 9.17) is 4.74 Å². The molecule has 0 unspecified atom stereocenters. The van der Waals surface area contributed by atoms with Gasteiger partial charge in [-0.3, -0.25) is 0 Å². The van der Waals surface area contributed by atoms with Gasteiger partial charge in [0.25, 0.3) is 0 Å². The van der Waals surface area contributed by atoms with E-state index in [1.54, 1.807) is 7.11 Å². The number of ether oxygens (including phenoxy) is 1. The smallest absolute Gasteiger partial charge is 0.126 e. The highest BCUT2D eigenvalue weighted by atomic mass is 32.1. The first-order valence-electron chi connectivity index (χ1n) is 5.40. The summed E-state index contributed by atoms with van der Waals surface area (Å²) in [6, 6.07) is 16.0. The molecular weight excluding hydrogens is 228 g/mol. The summed E-state index contributed by atoms with van der Waals surface area (Å²) < 4.78 is 5.29. The van der Waals surface area contributed by atoms with E-state index in [0.717, 1.165) is 21.8 Å². The van der Waals surface area contributed by atoms with Gasteiger partial charge >= 0.3 is 0 Å². The lowest BCUT2D eigenvalue weighted by atomic mass is 10.1. The Balaban J connectivity index is 2.22. The quantitative estimate of drug-likeness (QED) is 0.628. The molecule has 17 heavy (non-hydrogen) atoms. The van der Waals surface area contributed by atoms with Crippen LogP contribution in [0.5, 0.6) is 5.75 Å². The summed E-state index contributed by atoms with van der Waals surface area (Å²) in [5, 5.41) is 0. The second-order valence-electron chi connectivity index (χ2n) is 3.67. The Morgan fingerprint density at radius 1 is 0.941 bits per heavy atom. The van der Waals surface area contributed by atoms with E-state index in [1.165, 1.54) is 0 Å². The molecule has 0 aliphatic carbocycles. The van der Waals surface area contributed by atoms with Crippen molar-refractivity contribution < 1.29 is 4.74 Å². The fourth-order valence-corrected chi connectivity index (χ4v) is 1.72. The molecule has 0 aliphatic rings. The van der Waals surface area contributed by atoms with Gasteiger partial charge in [0.2, 0.25) is 0 Å². The number of rotatable bonds is 3. The second kappa shape index (κ2) is 5.60. The number of para-hydroxylation sites is 1. The molecular formula is C15H14OS. The maximum Gasteiger partial charge on any atom is 0.126 e. The number of methoxy groups -OCH3 is 1. The van der Waals surface area contributed by atoms with Crippen LogP contribution in [0.4, 0.5) is 0 Å². The fraction of sp³-hybridized carbons (Fsp3) is 0.0667. The molecule has 0 N–H and O–H groups in total. The molecule has 0 radical (unpaired) electrons. The minimum Gasteiger partial charge on any atom is -0.496 e. The molecule has 0 fully saturated rings. The van der Waals surface area contributed by atoms with Gasteiger partial charge in [-0.25, -0.2) is 0 Å². The lowest BCUT2D eigenvalue weighted by molar-refractivity contribution is 0.414. The summed E-state index contributed by atoms with van der Waals surface area (Å²) in [6.45, 7) is 0. The number of hydrogen-bond donors (Lipinski definition) is 1. The molecule has 0 saturated heterocycles. The van der Waals surface area contributed by atoms with Gasteiger partial charge in [-0.15, -0.1) is 12.6 Å². The lowest BCUT2D eigenvalue weighted by Crippen LogP contribution is -1.85. The van der Waals surface area contributed by atoms with Crippen molar-refractivity contribution >= 4 is 24.8 Å². The van der Waals surface area contributed by atoms with Crippen LogP contribution in [0.25, 0.3) is 12.2 Å². The number of hydrogen-bond acceptors (Lipinski definition) is 2. The van der Waals surface area contributed by atoms with E-state index in [0.29, 0.717) is 0 Å². The van der Waals surface area contributed by atoms with Crippen LogP contribution in [0.1, 0.15) is 11.1 Å². The molecule has 2 rings (SSSR count). The normalized spacial score (nSPS) is 10.7. The Kier molecular flexibility index (Phi) is 3.89. The third-order valence-corrected chi connectivity index (χ3v) is 2.79. The monoisotopic (exact) mass is 242 g/mol. The first-order chi connectivity index (χ1) is 8.29. The van der Waals surface area contributed by atoms with Crippen LogP contribution in [0.3, 0.4) is 0 Å². The maximum atomic E-state index is 5.29. The van der Waals surface area contributed by atoms with Crippen molar-refractivity contribution in [2.45, 2.75) is 4.90 Å². The van der Waals surface area contributed by atoms with Crippen LogP contribution < -0.4 is 4.74 Å². The summed E-state index contributed by atoms with van der Waals surface area (Å²) in [4.78, 5) is 0.972. The third-order valence-electron chi connectivity index (χ3n) is 2.49. The summed E-state index contributed by atoms with van der Waals surface area (Å²) in [5.41, 5.74) is 2.22. The van der Waals surface area contributed by atoms with Crippen LogP contribution in [0, 0.1) is 0 Å². The minimum absolute atomic E-state index is 0.884. The molecule has 0 heterocycles. The highest BCUT2D eigenvalue weighted by Gasteiger charge is 1.96. The fourth-order valence-electron chi connectivity index (χ4n) is 1.58. The van der Waals surface area contributed by atoms with Crippen molar-refractivity contribution in [3.8, 4) is 5.75 Å². The molecule has 0 aromatic heterocycles. The van der Waals surface area contributed by atoms with Gasteiger partial charge in [0.15, 0.2) is 0 Å². The highest BCUT2D eigenvalue weighted by molar-refractivity contribution is 7.80. The molecule has 0 bridgehead atoms. The molecule has 2 aromatic rings. The van der Waals surface area contributed by atoms with Crippen molar-refractivity contribution in [3.63, 3.8) is 0 Å². The Bertz CT molecular complexity index is 515. The molecule has 2 heteroatoms. The Hall–Kier alpha value is -1.67. The average Bonchev–Trinajstić information content (AvgIpc) is 2.38. The van der Waals surface area contributed by atoms with E-state index >= 15 is 0 Å². The standard InChI is InChI=1S/C15H14OS/c1-16-15-5-3-2-4-13(15)9-6-12-7-10-14(17)11-8-12/h2-11,17H,1H3/b9-6+. The molecule has 0 spiro atoms.